The molecule has 2 heterocycles. The number of H-pyrrole nitrogens is 1. The van der Waals surface area contributed by atoms with Crippen molar-refractivity contribution in [1.29, 1.82) is 0 Å². The van der Waals surface area contributed by atoms with Crippen molar-refractivity contribution in [2.75, 3.05) is 26.2 Å². The van der Waals surface area contributed by atoms with Gasteiger partial charge in [-0.25, -0.2) is 0 Å². The van der Waals surface area contributed by atoms with Crippen molar-refractivity contribution < 1.29 is 4.79 Å². The Labute approximate surface area is 106 Å². The molecular weight excluding hydrogens is 234 g/mol. The normalized spacial score (nSPS) is 20.3. The summed E-state index contributed by atoms with van der Waals surface area (Å²) < 4.78 is 0. The van der Waals surface area contributed by atoms with Crippen LogP contribution in [0.25, 0.3) is 0 Å². The Morgan fingerprint density at radius 3 is 2.72 bits per heavy atom. The lowest BCUT2D eigenvalue weighted by molar-refractivity contribution is -0.126. The van der Waals surface area contributed by atoms with Gasteiger partial charge in [0.15, 0.2) is 5.82 Å². The van der Waals surface area contributed by atoms with E-state index in [0.717, 1.165) is 26.2 Å². The van der Waals surface area contributed by atoms with Crippen molar-refractivity contribution in [3.05, 3.63) is 5.82 Å². The van der Waals surface area contributed by atoms with Crippen molar-refractivity contribution in [2.45, 2.75) is 25.9 Å². The number of aromatic nitrogens is 4. The van der Waals surface area contributed by atoms with Gasteiger partial charge < -0.3 is 10.6 Å². The van der Waals surface area contributed by atoms with Gasteiger partial charge in [0.1, 0.15) is 0 Å². The minimum Gasteiger partial charge on any atom is -0.345 e. The molecule has 100 valence electrons. The minimum atomic E-state index is -0.235. The number of nitrogens with zero attached hydrogens (tertiary/aromatic N) is 4. The van der Waals surface area contributed by atoms with Gasteiger partial charge in [-0.15, -0.1) is 10.2 Å². The maximum atomic E-state index is 12.1. The van der Waals surface area contributed by atoms with Gasteiger partial charge >= 0.3 is 0 Å². The highest BCUT2D eigenvalue weighted by atomic mass is 16.2. The predicted molar refractivity (Wildman–Crippen MR) is 64.6 cm³/mol. The highest BCUT2D eigenvalue weighted by Gasteiger charge is 2.24. The summed E-state index contributed by atoms with van der Waals surface area (Å²) in [5.41, 5.74) is 0. The van der Waals surface area contributed by atoms with Crippen LogP contribution in [-0.4, -0.2) is 63.7 Å². The quantitative estimate of drug-likeness (QED) is 0.615. The fourth-order valence-corrected chi connectivity index (χ4v) is 1.99. The van der Waals surface area contributed by atoms with Gasteiger partial charge in [0, 0.05) is 26.2 Å². The number of hydrogen-bond donors (Lipinski definition) is 3. The van der Waals surface area contributed by atoms with E-state index in [4.69, 9.17) is 0 Å². The number of hydrogen-bond acceptors (Lipinski definition) is 6. The third-order valence-corrected chi connectivity index (χ3v) is 3.19. The van der Waals surface area contributed by atoms with E-state index in [1.807, 2.05) is 13.8 Å². The molecule has 18 heavy (non-hydrogen) atoms. The molecule has 1 fully saturated rings. The summed E-state index contributed by atoms with van der Waals surface area (Å²) in [6.45, 7) is 7.41. The molecule has 8 nitrogen and oxygen atoms in total. The molecule has 0 aromatic carbocycles. The Morgan fingerprint density at radius 2 is 2.11 bits per heavy atom. The number of rotatable bonds is 4. The first-order chi connectivity index (χ1) is 8.68. The molecule has 1 aromatic heterocycles. The van der Waals surface area contributed by atoms with Crippen LogP contribution < -0.4 is 10.6 Å². The largest absolute Gasteiger partial charge is 0.345 e. The van der Waals surface area contributed by atoms with Crippen LogP contribution in [0.15, 0.2) is 0 Å². The van der Waals surface area contributed by atoms with Crippen LogP contribution in [0.2, 0.25) is 0 Å². The fourth-order valence-electron chi connectivity index (χ4n) is 1.99. The second-order valence-electron chi connectivity index (χ2n) is 4.46. The molecule has 1 aromatic rings. The van der Waals surface area contributed by atoms with Crippen LogP contribution in [-0.2, 0) is 4.79 Å². The highest BCUT2D eigenvalue weighted by molar-refractivity contribution is 5.81. The van der Waals surface area contributed by atoms with Crippen molar-refractivity contribution in [3.8, 4) is 0 Å². The van der Waals surface area contributed by atoms with E-state index in [1.54, 1.807) is 0 Å². The van der Waals surface area contributed by atoms with Crippen LogP contribution in [0.4, 0.5) is 0 Å². The van der Waals surface area contributed by atoms with Crippen molar-refractivity contribution in [2.24, 2.45) is 0 Å². The molecule has 3 N–H and O–H groups in total. The van der Waals surface area contributed by atoms with Crippen LogP contribution in [0.3, 0.4) is 0 Å². The van der Waals surface area contributed by atoms with E-state index in [-0.39, 0.29) is 18.0 Å². The Hall–Kier alpha value is -1.54. The zero-order chi connectivity index (χ0) is 13.0. The minimum absolute atomic E-state index is 0.00537. The fraction of sp³-hybridized carbons (Fsp3) is 0.800. The van der Waals surface area contributed by atoms with Crippen LogP contribution in [0, 0.1) is 0 Å². The van der Waals surface area contributed by atoms with Gasteiger partial charge in [0.05, 0.1) is 12.1 Å². The summed E-state index contributed by atoms with van der Waals surface area (Å²) in [5.74, 6) is 0.491. The van der Waals surface area contributed by atoms with Gasteiger partial charge in [0.25, 0.3) is 0 Å². The number of amides is 1. The Morgan fingerprint density at radius 1 is 1.39 bits per heavy atom. The van der Waals surface area contributed by atoms with Gasteiger partial charge in [-0.1, -0.05) is 5.21 Å². The molecule has 0 bridgehead atoms. The number of aromatic amines is 1. The average molecular weight is 253 g/mol. The van der Waals surface area contributed by atoms with Gasteiger partial charge in [0.2, 0.25) is 5.91 Å². The van der Waals surface area contributed by atoms with Crippen molar-refractivity contribution >= 4 is 5.91 Å². The lowest BCUT2D eigenvalue weighted by atomic mass is 10.2. The Kier molecular flexibility index (Phi) is 4.21. The molecule has 0 spiro atoms. The topological polar surface area (TPSA) is 98.8 Å². The van der Waals surface area contributed by atoms with E-state index >= 15 is 0 Å². The molecule has 2 unspecified atom stereocenters. The second-order valence-corrected chi connectivity index (χ2v) is 4.46. The number of tetrazole rings is 1. The number of nitrogens with one attached hydrogen (secondary N) is 3. The summed E-state index contributed by atoms with van der Waals surface area (Å²) >= 11 is 0. The lowest BCUT2D eigenvalue weighted by Crippen LogP contribution is -2.52. The molecule has 1 aliphatic rings. The van der Waals surface area contributed by atoms with Gasteiger partial charge in [-0.3, -0.25) is 9.69 Å². The maximum Gasteiger partial charge on any atom is 0.237 e. The third kappa shape index (κ3) is 3.02. The van der Waals surface area contributed by atoms with Crippen LogP contribution >= 0.6 is 0 Å². The summed E-state index contributed by atoms with van der Waals surface area (Å²) in [7, 11) is 0. The Bertz CT molecular complexity index is 374. The molecule has 0 saturated carbocycles. The summed E-state index contributed by atoms with van der Waals surface area (Å²) in [6.07, 6.45) is 0. The molecule has 1 saturated heterocycles. The Balaban J connectivity index is 1.86. The van der Waals surface area contributed by atoms with Gasteiger partial charge in [-0.05, 0) is 13.8 Å². The molecule has 2 atom stereocenters. The molecule has 0 aliphatic carbocycles. The van der Waals surface area contributed by atoms with Crippen LogP contribution in [0.1, 0.15) is 25.7 Å². The molecular formula is C10H19N7O. The third-order valence-electron chi connectivity index (χ3n) is 3.19. The molecule has 1 amide bonds. The van der Waals surface area contributed by atoms with Crippen molar-refractivity contribution in [3.63, 3.8) is 0 Å². The standard InChI is InChI=1S/C10H19N7O/c1-7(9-13-15-16-14-9)12-10(18)8(2)17-5-3-11-4-6-17/h7-8,11H,3-6H2,1-2H3,(H,12,18)(H,13,14,15,16). The summed E-state index contributed by atoms with van der Waals surface area (Å²) in [4.78, 5) is 14.3. The lowest BCUT2D eigenvalue weighted by Gasteiger charge is -2.32. The molecule has 8 heteroatoms. The van der Waals surface area contributed by atoms with E-state index < -0.39 is 0 Å². The SMILES string of the molecule is CC(NC(=O)C(C)N1CCNCC1)c1nn[nH]n1. The number of carbonyl (C=O) groups excluding carboxylic acids is 1. The zero-order valence-electron chi connectivity index (χ0n) is 10.7. The monoisotopic (exact) mass is 253 g/mol. The zero-order valence-corrected chi connectivity index (χ0v) is 10.7. The van der Waals surface area contributed by atoms with E-state index in [9.17, 15) is 4.79 Å². The average Bonchev–Trinajstić information content (AvgIpc) is 2.92. The maximum absolute atomic E-state index is 12.1. The highest BCUT2D eigenvalue weighted by Crippen LogP contribution is 2.06. The first-order valence-electron chi connectivity index (χ1n) is 6.17. The molecule has 1 aliphatic heterocycles. The van der Waals surface area contributed by atoms with E-state index in [0.29, 0.717) is 5.82 Å². The van der Waals surface area contributed by atoms with Gasteiger partial charge in [-0.2, -0.15) is 5.21 Å². The predicted octanol–water partition coefficient (Wildman–Crippen LogP) is -1.33. The smallest absolute Gasteiger partial charge is 0.237 e. The van der Waals surface area contributed by atoms with E-state index in [2.05, 4.69) is 36.2 Å². The number of carbonyl (C=O) groups is 1. The summed E-state index contributed by atoms with van der Waals surface area (Å²) in [6, 6.07) is -0.372. The molecule has 2 rings (SSSR count). The van der Waals surface area contributed by atoms with E-state index in [1.165, 1.54) is 0 Å². The van der Waals surface area contributed by atoms with Crippen molar-refractivity contribution in [1.82, 2.24) is 36.2 Å². The second kappa shape index (κ2) is 5.87. The first-order valence-corrected chi connectivity index (χ1v) is 6.17. The summed E-state index contributed by atoms with van der Waals surface area (Å²) in [5, 5.41) is 19.7. The first kappa shape index (κ1) is 12.9. The van der Waals surface area contributed by atoms with Crippen LogP contribution in [0.5, 0.6) is 0 Å². The number of piperazine rings is 1. The molecule has 0 radical (unpaired) electrons.